The smallest absolute Gasteiger partial charge is 0.226 e. The SMILES string of the molecule is CCOc1ccccc1-c1nc(CC(=O)NC2CC2)cs1. The van der Waals surface area contributed by atoms with Crippen molar-refractivity contribution in [2.45, 2.75) is 32.2 Å². The third kappa shape index (κ3) is 3.61. The van der Waals surface area contributed by atoms with Gasteiger partial charge in [0.15, 0.2) is 0 Å². The van der Waals surface area contributed by atoms with Crippen molar-refractivity contribution >= 4 is 17.2 Å². The number of carbonyl (C=O) groups excluding carboxylic acids is 1. The number of hydrogen-bond donors (Lipinski definition) is 1. The van der Waals surface area contributed by atoms with Gasteiger partial charge in [0, 0.05) is 11.4 Å². The number of benzene rings is 1. The zero-order chi connectivity index (χ0) is 14.7. The molecule has 1 N–H and O–H groups in total. The van der Waals surface area contributed by atoms with Gasteiger partial charge in [0.25, 0.3) is 0 Å². The first-order chi connectivity index (χ1) is 10.3. The Bertz CT molecular complexity index is 635. The van der Waals surface area contributed by atoms with Crippen LogP contribution in [0.15, 0.2) is 29.6 Å². The summed E-state index contributed by atoms with van der Waals surface area (Å²) in [5, 5.41) is 5.83. The molecule has 21 heavy (non-hydrogen) atoms. The van der Waals surface area contributed by atoms with E-state index in [0.717, 1.165) is 34.9 Å². The molecule has 0 spiro atoms. The van der Waals surface area contributed by atoms with E-state index < -0.39 is 0 Å². The van der Waals surface area contributed by atoms with E-state index in [4.69, 9.17) is 4.74 Å². The summed E-state index contributed by atoms with van der Waals surface area (Å²) in [6, 6.07) is 8.26. The van der Waals surface area contributed by atoms with Crippen molar-refractivity contribution in [3.63, 3.8) is 0 Å². The molecule has 110 valence electrons. The van der Waals surface area contributed by atoms with Gasteiger partial charge in [-0.25, -0.2) is 4.98 Å². The van der Waals surface area contributed by atoms with Crippen molar-refractivity contribution in [3.8, 4) is 16.3 Å². The average molecular weight is 302 g/mol. The second-order valence-electron chi connectivity index (χ2n) is 5.09. The maximum absolute atomic E-state index is 11.8. The number of thiazole rings is 1. The van der Waals surface area contributed by atoms with Gasteiger partial charge in [-0.1, -0.05) is 12.1 Å². The van der Waals surface area contributed by atoms with Gasteiger partial charge in [-0.15, -0.1) is 11.3 Å². The summed E-state index contributed by atoms with van der Waals surface area (Å²) < 4.78 is 5.63. The lowest BCUT2D eigenvalue weighted by molar-refractivity contribution is -0.120. The van der Waals surface area contributed by atoms with Crippen molar-refractivity contribution in [3.05, 3.63) is 35.3 Å². The van der Waals surface area contributed by atoms with Crippen LogP contribution >= 0.6 is 11.3 Å². The lowest BCUT2D eigenvalue weighted by Gasteiger charge is -2.07. The molecule has 3 rings (SSSR count). The van der Waals surface area contributed by atoms with Gasteiger partial charge in [-0.05, 0) is 31.9 Å². The van der Waals surface area contributed by atoms with E-state index in [2.05, 4.69) is 10.3 Å². The van der Waals surface area contributed by atoms with Crippen molar-refractivity contribution < 1.29 is 9.53 Å². The molecule has 1 fully saturated rings. The number of para-hydroxylation sites is 1. The largest absolute Gasteiger partial charge is 0.493 e. The Labute approximate surface area is 128 Å². The van der Waals surface area contributed by atoms with Gasteiger partial charge in [0.2, 0.25) is 5.91 Å². The zero-order valence-electron chi connectivity index (χ0n) is 12.0. The molecule has 1 amide bonds. The molecule has 1 heterocycles. The molecule has 0 saturated heterocycles. The van der Waals surface area contributed by atoms with Crippen LogP contribution < -0.4 is 10.1 Å². The van der Waals surface area contributed by atoms with E-state index in [1.807, 2.05) is 36.6 Å². The summed E-state index contributed by atoms with van der Waals surface area (Å²) in [5.74, 6) is 0.899. The molecule has 1 aliphatic carbocycles. The highest BCUT2D eigenvalue weighted by Gasteiger charge is 2.23. The predicted octanol–water partition coefficient (Wildman–Crippen LogP) is 3.03. The van der Waals surface area contributed by atoms with E-state index >= 15 is 0 Å². The number of hydrogen-bond acceptors (Lipinski definition) is 4. The van der Waals surface area contributed by atoms with Crippen molar-refractivity contribution in [2.24, 2.45) is 0 Å². The van der Waals surface area contributed by atoms with Gasteiger partial charge in [-0.2, -0.15) is 0 Å². The van der Waals surface area contributed by atoms with Crippen LogP contribution in [0, 0.1) is 0 Å². The first-order valence-electron chi connectivity index (χ1n) is 7.22. The molecular weight excluding hydrogens is 284 g/mol. The number of carbonyl (C=O) groups is 1. The molecule has 0 unspecified atom stereocenters. The fourth-order valence-electron chi connectivity index (χ4n) is 2.11. The Morgan fingerprint density at radius 1 is 1.43 bits per heavy atom. The Kier molecular flexibility index (Phi) is 4.20. The van der Waals surface area contributed by atoms with Crippen LogP contribution in [0.4, 0.5) is 0 Å². The molecule has 1 saturated carbocycles. The van der Waals surface area contributed by atoms with Crippen LogP contribution in [-0.2, 0) is 11.2 Å². The van der Waals surface area contributed by atoms with Gasteiger partial charge >= 0.3 is 0 Å². The second-order valence-corrected chi connectivity index (χ2v) is 5.95. The van der Waals surface area contributed by atoms with Crippen LogP contribution in [0.1, 0.15) is 25.5 Å². The first-order valence-corrected chi connectivity index (χ1v) is 8.10. The van der Waals surface area contributed by atoms with E-state index in [9.17, 15) is 4.79 Å². The van der Waals surface area contributed by atoms with Gasteiger partial charge in [0.05, 0.1) is 24.3 Å². The Balaban J connectivity index is 1.73. The van der Waals surface area contributed by atoms with E-state index in [1.54, 1.807) is 11.3 Å². The van der Waals surface area contributed by atoms with Gasteiger partial charge in [0.1, 0.15) is 10.8 Å². The lowest BCUT2D eigenvalue weighted by Crippen LogP contribution is -2.27. The van der Waals surface area contributed by atoms with Crippen molar-refractivity contribution in [1.29, 1.82) is 0 Å². The Morgan fingerprint density at radius 2 is 2.24 bits per heavy atom. The van der Waals surface area contributed by atoms with Gasteiger partial charge in [-0.3, -0.25) is 4.79 Å². The minimum Gasteiger partial charge on any atom is -0.493 e. The molecule has 1 aliphatic rings. The summed E-state index contributed by atoms with van der Waals surface area (Å²) >= 11 is 1.55. The zero-order valence-corrected chi connectivity index (χ0v) is 12.8. The Hall–Kier alpha value is -1.88. The van der Waals surface area contributed by atoms with Gasteiger partial charge < -0.3 is 10.1 Å². The topological polar surface area (TPSA) is 51.2 Å². The number of rotatable bonds is 6. The number of nitrogens with one attached hydrogen (secondary N) is 1. The molecule has 0 aliphatic heterocycles. The molecule has 5 heteroatoms. The summed E-state index contributed by atoms with van der Waals surface area (Å²) in [7, 11) is 0. The fraction of sp³-hybridized carbons (Fsp3) is 0.375. The standard InChI is InChI=1S/C16H18N2O2S/c1-2-20-14-6-4-3-5-13(14)16-18-12(10-21-16)9-15(19)17-11-7-8-11/h3-6,10-11H,2,7-9H2,1H3,(H,17,19). The third-order valence-corrected chi connectivity index (χ3v) is 4.18. The first kappa shape index (κ1) is 14.1. The lowest BCUT2D eigenvalue weighted by atomic mass is 10.2. The third-order valence-electron chi connectivity index (χ3n) is 3.25. The highest BCUT2D eigenvalue weighted by atomic mass is 32.1. The summed E-state index contributed by atoms with van der Waals surface area (Å²) in [6.45, 7) is 2.59. The normalized spacial score (nSPS) is 14.0. The number of amides is 1. The van der Waals surface area contributed by atoms with Crippen LogP contribution in [0.3, 0.4) is 0 Å². The maximum Gasteiger partial charge on any atom is 0.226 e. The summed E-state index contributed by atoms with van der Waals surface area (Å²) in [4.78, 5) is 16.4. The molecule has 2 aromatic rings. The Morgan fingerprint density at radius 3 is 3.00 bits per heavy atom. The van der Waals surface area contributed by atoms with E-state index in [1.165, 1.54) is 0 Å². The number of nitrogens with zero attached hydrogens (tertiary/aromatic N) is 1. The fourth-order valence-corrected chi connectivity index (χ4v) is 2.96. The van der Waals surface area contributed by atoms with E-state index in [0.29, 0.717) is 19.1 Å². The van der Waals surface area contributed by atoms with Crippen molar-refractivity contribution in [2.75, 3.05) is 6.61 Å². The minimum atomic E-state index is 0.0624. The minimum absolute atomic E-state index is 0.0624. The highest BCUT2D eigenvalue weighted by Crippen LogP contribution is 2.32. The van der Waals surface area contributed by atoms with E-state index in [-0.39, 0.29) is 5.91 Å². The average Bonchev–Trinajstić information content (AvgIpc) is 3.16. The van der Waals surface area contributed by atoms with Crippen LogP contribution in [0.2, 0.25) is 0 Å². The second kappa shape index (κ2) is 6.26. The summed E-state index contributed by atoms with van der Waals surface area (Å²) in [5.41, 5.74) is 1.80. The number of aromatic nitrogens is 1. The predicted molar refractivity (Wildman–Crippen MR) is 83.6 cm³/mol. The van der Waals surface area contributed by atoms with Crippen molar-refractivity contribution in [1.82, 2.24) is 10.3 Å². The summed E-state index contributed by atoms with van der Waals surface area (Å²) in [6.07, 6.45) is 2.56. The molecule has 1 aromatic heterocycles. The van der Waals surface area contributed by atoms with Crippen LogP contribution in [0.25, 0.3) is 10.6 Å². The van der Waals surface area contributed by atoms with Crippen LogP contribution in [-0.4, -0.2) is 23.5 Å². The molecule has 0 atom stereocenters. The molecule has 4 nitrogen and oxygen atoms in total. The highest BCUT2D eigenvalue weighted by molar-refractivity contribution is 7.13. The van der Waals surface area contributed by atoms with Crippen LogP contribution in [0.5, 0.6) is 5.75 Å². The molecule has 0 bridgehead atoms. The molecule has 1 aromatic carbocycles. The number of ether oxygens (including phenoxy) is 1. The molecular formula is C16H18N2O2S. The molecule has 0 radical (unpaired) electrons. The maximum atomic E-state index is 11.8. The quantitative estimate of drug-likeness (QED) is 0.892. The monoisotopic (exact) mass is 302 g/mol.